The maximum absolute atomic E-state index is 13.3. The van der Waals surface area contributed by atoms with E-state index < -0.39 is 11.7 Å². The minimum atomic E-state index is -4.35. The van der Waals surface area contributed by atoms with Gasteiger partial charge in [0.15, 0.2) is 0 Å². The molecule has 4 rings (SSSR count). The van der Waals surface area contributed by atoms with E-state index in [9.17, 15) is 17.6 Å². The summed E-state index contributed by atoms with van der Waals surface area (Å²) in [5.74, 6) is 0.762. The van der Waals surface area contributed by atoms with Crippen LogP contribution in [0.25, 0.3) is 11.1 Å². The highest BCUT2D eigenvalue weighted by atomic mass is 19.4. The molecule has 1 aliphatic heterocycles. The lowest BCUT2D eigenvalue weighted by molar-refractivity contribution is -0.137. The normalized spacial score (nSPS) is 16.2. The third kappa shape index (κ3) is 4.75. The third-order valence-electron chi connectivity index (χ3n) is 6.17. The highest BCUT2D eigenvalue weighted by Crippen LogP contribution is 2.37. The topological polar surface area (TPSA) is 55.0 Å². The molecular formula is C24H24F4N4. The van der Waals surface area contributed by atoms with Gasteiger partial charge in [-0.3, -0.25) is 0 Å². The van der Waals surface area contributed by atoms with Crippen LogP contribution >= 0.6 is 0 Å². The zero-order valence-corrected chi connectivity index (χ0v) is 17.4. The zero-order chi connectivity index (χ0) is 22.7. The molecule has 0 bridgehead atoms. The molecule has 0 aliphatic carbocycles. The minimum Gasteiger partial charge on any atom is -0.356 e. The van der Waals surface area contributed by atoms with Crippen molar-refractivity contribution in [2.24, 2.45) is 11.7 Å². The van der Waals surface area contributed by atoms with E-state index in [0.717, 1.165) is 60.6 Å². The van der Waals surface area contributed by atoms with E-state index >= 15 is 0 Å². The molecule has 0 spiro atoms. The van der Waals surface area contributed by atoms with Crippen molar-refractivity contribution < 1.29 is 17.6 Å². The van der Waals surface area contributed by atoms with Crippen molar-refractivity contribution in [1.82, 2.24) is 9.97 Å². The first kappa shape index (κ1) is 22.2. The average Bonchev–Trinajstić information content (AvgIpc) is 2.80. The second kappa shape index (κ2) is 9.24. The molecule has 3 aromatic rings. The second-order valence-electron chi connectivity index (χ2n) is 8.05. The van der Waals surface area contributed by atoms with Crippen molar-refractivity contribution in [3.05, 3.63) is 78.0 Å². The predicted molar refractivity (Wildman–Crippen MR) is 116 cm³/mol. The Labute approximate surface area is 184 Å². The number of nitrogens with zero attached hydrogens (tertiary/aromatic N) is 3. The Bertz CT molecular complexity index is 1030. The summed E-state index contributed by atoms with van der Waals surface area (Å²) in [4.78, 5) is 10.8. The molecule has 8 heteroatoms. The van der Waals surface area contributed by atoms with Crippen LogP contribution in [0.5, 0.6) is 0 Å². The molecule has 1 saturated heterocycles. The molecule has 0 radical (unpaired) electrons. The summed E-state index contributed by atoms with van der Waals surface area (Å²) in [7, 11) is 0. The lowest BCUT2D eigenvalue weighted by Crippen LogP contribution is -2.38. The van der Waals surface area contributed by atoms with Crippen LogP contribution < -0.4 is 10.6 Å². The molecule has 2 aromatic carbocycles. The van der Waals surface area contributed by atoms with Gasteiger partial charge in [0.2, 0.25) is 0 Å². The number of halogens is 4. The molecule has 0 saturated carbocycles. The first-order valence-corrected chi connectivity index (χ1v) is 10.5. The number of alkyl halides is 3. The van der Waals surface area contributed by atoms with Crippen LogP contribution in [-0.2, 0) is 6.18 Å². The summed E-state index contributed by atoms with van der Waals surface area (Å²) in [5, 5.41) is 0. The number of rotatable bonds is 5. The number of benzene rings is 2. The fraction of sp³-hybridized carbons (Fsp3) is 0.333. The van der Waals surface area contributed by atoms with Gasteiger partial charge in [-0.05, 0) is 66.6 Å². The summed E-state index contributed by atoms with van der Waals surface area (Å²) >= 11 is 0. The SMILES string of the molecule is NCC(c1ccc(C(F)(F)F)cc1)C1CCN(c2ncncc2-c2ccc(F)cc2)CC1. The maximum atomic E-state index is 13.3. The molecule has 1 atom stereocenters. The van der Waals surface area contributed by atoms with Gasteiger partial charge in [-0.2, -0.15) is 13.2 Å². The van der Waals surface area contributed by atoms with Crippen LogP contribution in [-0.4, -0.2) is 29.6 Å². The highest BCUT2D eigenvalue weighted by molar-refractivity contribution is 5.75. The molecule has 2 N–H and O–H groups in total. The van der Waals surface area contributed by atoms with Crippen molar-refractivity contribution in [2.45, 2.75) is 24.9 Å². The third-order valence-corrected chi connectivity index (χ3v) is 6.17. The van der Waals surface area contributed by atoms with Gasteiger partial charge in [0, 0.05) is 24.8 Å². The number of aromatic nitrogens is 2. The van der Waals surface area contributed by atoms with Crippen molar-refractivity contribution in [3.8, 4) is 11.1 Å². The van der Waals surface area contributed by atoms with Crippen LogP contribution in [0.4, 0.5) is 23.4 Å². The van der Waals surface area contributed by atoms with Gasteiger partial charge >= 0.3 is 6.18 Å². The second-order valence-corrected chi connectivity index (χ2v) is 8.05. The van der Waals surface area contributed by atoms with Crippen LogP contribution in [0.1, 0.15) is 29.9 Å². The van der Waals surface area contributed by atoms with Gasteiger partial charge in [-0.25, -0.2) is 14.4 Å². The van der Waals surface area contributed by atoms with Crippen molar-refractivity contribution in [3.63, 3.8) is 0 Å². The molecule has 0 amide bonds. The molecule has 2 heterocycles. The summed E-state index contributed by atoms with van der Waals surface area (Å²) in [6, 6.07) is 11.6. The molecule has 1 fully saturated rings. The highest BCUT2D eigenvalue weighted by Gasteiger charge is 2.32. The lowest BCUT2D eigenvalue weighted by atomic mass is 9.80. The maximum Gasteiger partial charge on any atom is 0.416 e. The number of hydrogen-bond donors (Lipinski definition) is 1. The van der Waals surface area contributed by atoms with E-state index in [0.29, 0.717) is 6.54 Å². The van der Waals surface area contributed by atoms with Gasteiger partial charge in [0.25, 0.3) is 0 Å². The van der Waals surface area contributed by atoms with Crippen molar-refractivity contribution >= 4 is 5.82 Å². The Morgan fingerprint density at radius 1 is 1.00 bits per heavy atom. The molecule has 1 aliphatic rings. The van der Waals surface area contributed by atoms with E-state index in [4.69, 9.17) is 5.73 Å². The summed E-state index contributed by atoms with van der Waals surface area (Å²) in [6.45, 7) is 1.87. The smallest absolute Gasteiger partial charge is 0.356 e. The van der Waals surface area contributed by atoms with E-state index in [1.165, 1.54) is 18.5 Å². The Balaban J connectivity index is 1.48. The molecule has 168 valence electrons. The Morgan fingerprint density at radius 2 is 1.66 bits per heavy atom. The van der Waals surface area contributed by atoms with Gasteiger partial charge < -0.3 is 10.6 Å². The number of piperidine rings is 1. The van der Waals surface area contributed by atoms with E-state index in [1.807, 2.05) is 0 Å². The predicted octanol–water partition coefficient (Wildman–Crippen LogP) is 5.26. The fourth-order valence-electron chi connectivity index (χ4n) is 4.44. The summed E-state index contributed by atoms with van der Waals surface area (Å²) in [5.41, 5.74) is 7.90. The molecule has 32 heavy (non-hydrogen) atoms. The first-order valence-electron chi connectivity index (χ1n) is 10.5. The average molecular weight is 444 g/mol. The number of nitrogens with two attached hydrogens (primary N) is 1. The van der Waals surface area contributed by atoms with Gasteiger partial charge in [0.1, 0.15) is 18.0 Å². The summed E-state index contributed by atoms with van der Waals surface area (Å²) < 4.78 is 52.0. The van der Waals surface area contributed by atoms with Crippen LogP contribution in [0, 0.1) is 11.7 Å². The monoisotopic (exact) mass is 444 g/mol. The molecular weight excluding hydrogens is 420 g/mol. The van der Waals surface area contributed by atoms with E-state index in [1.54, 1.807) is 30.5 Å². The first-order chi connectivity index (χ1) is 15.4. The van der Waals surface area contributed by atoms with Crippen molar-refractivity contribution in [2.75, 3.05) is 24.5 Å². The molecule has 4 nitrogen and oxygen atoms in total. The Kier molecular flexibility index (Phi) is 6.41. The zero-order valence-electron chi connectivity index (χ0n) is 17.4. The largest absolute Gasteiger partial charge is 0.416 e. The number of anilines is 1. The van der Waals surface area contributed by atoms with Crippen molar-refractivity contribution in [1.29, 1.82) is 0 Å². The molecule has 1 unspecified atom stereocenters. The van der Waals surface area contributed by atoms with Crippen LogP contribution in [0.2, 0.25) is 0 Å². The Morgan fingerprint density at radius 3 is 2.25 bits per heavy atom. The van der Waals surface area contributed by atoms with E-state index in [-0.39, 0.29) is 17.7 Å². The minimum absolute atomic E-state index is 0.00130. The quantitative estimate of drug-likeness (QED) is 0.546. The fourth-order valence-corrected chi connectivity index (χ4v) is 4.44. The van der Waals surface area contributed by atoms with Crippen LogP contribution in [0.3, 0.4) is 0 Å². The summed E-state index contributed by atoms with van der Waals surface area (Å²) in [6.07, 6.45) is 0.569. The van der Waals surface area contributed by atoms with Gasteiger partial charge in [-0.1, -0.05) is 24.3 Å². The van der Waals surface area contributed by atoms with Gasteiger partial charge in [-0.15, -0.1) is 0 Å². The van der Waals surface area contributed by atoms with E-state index in [2.05, 4.69) is 14.9 Å². The Hall–Kier alpha value is -3.00. The lowest BCUT2D eigenvalue weighted by Gasteiger charge is -2.37. The number of hydrogen-bond acceptors (Lipinski definition) is 4. The van der Waals surface area contributed by atoms with Crippen LogP contribution in [0.15, 0.2) is 61.1 Å². The van der Waals surface area contributed by atoms with Gasteiger partial charge in [0.05, 0.1) is 5.56 Å². The standard InChI is InChI=1S/C24H24F4N4/c25-20-7-3-17(4-8-20)22-14-30-15-31-23(22)32-11-9-18(10-12-32)21(13-29)16-1-5-19(6-2-16)24(26,27)28/h1-8,14-15,18,21H,9-13,29H2. The molecule has 1 aromatic heterocycles.